The molecule has 0 bridgehead atoms. The Kier molecular flexibility index (Phi) is 10.9. The van der Waals surface area contributed by atoms with E-state index in [1.165, 1.54) is 0 Å². The topological polar surface area (TPSA) is 52.3 Å². The normalized spacial score (nSPS) is 12.8. The molecular weight excluding hydrogens is 238 g/mol. The molecular formula is C13H28ClNO2. The number of ether oxygens (including phenoxy) is 1. The fourth-order valence-electron chi connectivity index (χ4n) is 1.97. The number of carbonyl (C=O) groups is 1. The molecule has 0 aromatic heterocycles. The second-order valence-electron chi connectivity index (χ2n) is 4.42. The number of nitrogens with two attached hydrogens (primary N) is 1. The molecule has 4 heteroatoms. The van der Waals surface area contributed by atoms with Crippen molar-refractivity contribution in [3.63, 3.8) is 0 Å². The maximum absolute atomic E-state index is 11.9. The SMILES string of the molecule is CCCCOC(=O)C(CC)C(N)(CC)CC.Cl. The molecule has 0 saturated carbocycles. The van der Waals surface area contributed by atoms with E-state index >= 15 is 0 Å². The van der Waals surface area contributed by atoms with Gasteiger partial charge in [0.2, 0.25) is 0 Å². The minimum Gasteiger partial charge on any atom is -0.465 e. The van der Waals surface area contributed by atoms with E-state index in [-0.39, 0.29) is 24.3 Å². The Bertz CT molecular complexity index is 206. The minimum absolute atomic E-state index is 0. The van der Waals surface area contributed by atoms with Crippen molar-refractivity contribution in [2.75, 3.05) is 6.61 Å². The van der Waals surface area contributed by atoms with Gasteiger partial charge in [-0.05, 0) is 25.7 Å². The first-order valence-electron chi connectivity index (χ1n) is 6.51. The van der Waals surface area contributed by atoms with Gasteiger partial charge in [0.05, 0.1) is 12.5 Å². The lowest BCUT2D eigenvalue weighted by molar-refractivity contribution is -0.151. The second kappa shape index (κ2) is 9.72. The van der Waals surface area contributed by atoms with Gasteiger partial charge in [0.25, 0.3) is 0 Å². The zero-order valence-electron chi connectivity index (χ0n) is 11.6. The maximum Gasteiger partial charge on any atom is 0.310 e. The van der Waals surface area contributed by atoms with E-state index in [9.17, 15) is 4.79 Å². The van der Waals surface area contributed by atoms with Gasteiger partial charge in [0, 0.05) is 5.54 Å². The highest BCUT2D eigenvalue weighted by molar-refractivity contribution is 5.85. The molecule has 1 unspecified atom stereocenters. The molecule has 0 radical (unpaired) electrons. The van der Waals surface area contributed by atoms with Crippen molar-refractivity contribution in [1.82, 2.24) is 0 Å². The van der Waals surface area contributed by atoms with Gasteiger partial charge in [0.15, 0.2) is 0 Å². The van der Waals surface area contributed by atoms with E-state index < -0.39 is 5.54 Å². The molecule has 0 aromatic carbocycles. The summed E-state index contributed by atoms with van der Waals surface area (Å²) in [5, 5.41) is 0. The number of rotatable bonds is 8. The predicted octanol–water partition coefficient (Wildman–Crippen LogP) is 3.30. The van der Waals surface area contributed by atoms with Crippen molar-refractivity contribution in [3.8, 4) is 0 Å². The highest BCUT2D eigenvalue weighted by Crippen LogP contribution is 2.26. The fourth-order valence-corrected chi connectivity index (χ4v) is 1.97. The summed E-state index contributed by atoms with van der Waals surface area (Å²) < 4.78 is 5.27. The zero-order valence-corrected chi connectivity index (χ0v) is 12.4. The van der Waals surface area contributed by atoms with Crippen LogP contribution in [0.15, 0.2) is 0 Å². The number of carbonyl (C=O) groups excluding carboxylic acids is 1. The van der Waals surface area contributed by atoms with Crippen LogP contribution in [0.1, 0.15) is 59.8 Å². The first-order chi connectivity index (χ1) is 7.55. The van der Waals surface area contributed by atoms with Crippen molar-refractivity contribution in [2.24, 2.45) is 11.7 Å². The van der Waals surface area contributed by atoms with E-state index in [4.69, 9.17) is 10.5 Å². The van der Waals surface area contributed by atoms with Crippen LogP contribution in [0.4, 0.5) is 0 Å². The van der Waals surface area contributed by atoms with Crippen LogP contribution in [0.3, 0.4) is 0 Å². The first-order valence-corrected chi connectivity index (χ1v) is 6.51. The van der Waals surface area contributed by atoms with Gasteiger partial charge in [0.1, 0.15) is 0 Å². The van der Waals surface area contributed by atoms with Gasteiger partial charge in [-0.15, -0.1) is 12.4 Å². The molecule has 17 heavy (non-hydrogen) atoms. The van der Waals surface area contributed by atoms with E-state index in [1.807, 2.05) is 20.8 Å². The lowest BCUT2D eigenvalue weighted by atomic mass is 9.79. The summed E-state index contributed by atoms with van der Waals surface area (Å²) in [6.45, 7) is 8.67. The minimum atomic E-state index is -0.405. The Morgan fingerprint density at radius 1 is 1.24 bits per heavy atom. The average molecular weight is 266 g/mol. The smallest absolute Gasteiger partial charge is 0.310 e. The standard InChI is InChI=1S/C13H27NO2.ClH/c1-5-9-10-16-12(15)11(6-2)13(14,7-3)8-4;/h11H,5-10,14H2,1-4H3;1H. The Balaban J connectivity index is 0. The third kappa shape index (κ3) is 5.73. The summed E-state index contributed by atoms with van der Waals surface area (Å²) >= 11 is 0. The Labute approximate surface area is 112 Å². The first kappa shape index (κ1) is 19.1. The molecule has 0 amide bonds. The van der Waals surface area contributed by atoms with Crippen LogP contribution >= 0.6 is 12.4 Å². The van der Waals surface area contributed by atoms with Gasteiger partial charge in [-0.2, -0.15) is 0 Å². The highest BCUT2D eigenvalue weighted by atomic mass is 35.5. The molecule has 0 aliphatic rings. The van der Waals surface area contributed by atoms with Crippen LogP contribution in [0.25, 0.3) is 0 Å². The number of unbranched alkanes of at least 4 members (excludes halogenated alkanes) is 1. The van der Waals surface area contributed by atoms with E-state index in [0.717, 1.165) is 32.1 Å². The molecule has 0 spiro atoms. The predicted molar refractivity (Wildman–Crippen MR) is 74.4 cm³/mol. The zero-order chi connectivity index (χ0) is 12.6. The molecule has 2 N–H and O–H groups in total. The van der Waals surface area contributed by atoms with Gasteiger partial charge in [-0.25, -0.2) is 0 Å². The quantitative estimate of drug-likeness (QED) is 0.541. The van der Waals surface area contributed by atoms with Crippen molar-refractivity contribution in [1.29, 1.82) is 0 Å². The van der Waals surface area contributed by atoms with Crippen LogP contribution in [-0.2, 0) is 9.53 Å². The largest absolute Gasteiger partial charge is 0.465 e. The summed E-state index contributed by atoms with van der Waals surface area (Å²) in [4.78, 5) is 11.9. The van der Waals surface area contributed by atoms with E-state index in [1.54, 1.807) is 0 Å². The molecule has 0 heterocycles. The summed E-state index contributed by atoms with van der Waals surface area (Å²) in [5.41, 5.74) is 5.85. The van der Waals surface area contributed by atoms with E-state index in [2.05, 4.69) is 6.92 Å². The van der Waals surface area contributed by atoms with Crippen molar-refractivity contribution in [2.45, 2.75) is 65.3 Å². The summed E-state index contributed by atoms with van der Waals surface area (Å²) in [6, 6.07) is 0. The van der Waals surface area contributed by atoms with Crippen molar-refractivity contribution < 1.29 is 9.53 Å². The lowest BCUT2D eigenvalue weighted by Gasteiger charge is -2.33. The van der Waals surface area contributed by atoms with Crippen molar-refractivity contribution in [3.05, 3.63) is 0 Å². The van der Waals surface area contributed by atoms with Crippen LogP contribution in [-0.4, -0.2) is 18.1 Å². The van der Waals surface area contributed by atoms with Crippen molar-refractivity contribution >= 4 is 18.4 Å². The number of esters is 1. The average Bonchev–Trinajstić information content (AvgIpc) is 2.30. The van der Waals surface area contributed by atoms with Gasteiger partial charge >= 0.3 is 5.97 Å². The Morgan fingerprint density at radius 2 is 1.76 bits per heavy atom. The van der Waals surface area contributed by atoms with Crippen LogP contribution < -0.4 is 5.73 Å². The molecule has 0 aromatic rings. The monoisotopic (exact) mass is 265 g/mol. The molecule has 3 nitrogen and oxygen atoms in total. The van der Waals surface area contributed by atoms with Gasteiger partial charge in [-0.3, -0.25) is 4.79 Å². The molecule has 0 fully saturated rings. The van der Waals surface area contributed by atoms with Gasteiger partial charge in [-0.1, -0.05) is 34.1 Å². The van der Waals surface area contributed by atoms with Gasteiger partial charge < -0.3 is 10.5 Å². The number of halogens is 1. The van der Waals surface area contributed by atoms with Crippen LogP contribution in [0.2, 0.25) is 0 Å². The third-order valence-electron chi connectivity index (χ3n) is 3.45. The Hall–Kier alpha value is -0.280. The lowest BCUT2D eigenvalue weighted by Crippen LogP contribution is -2.49. The van der Waals surface area contributed by atoms with E-state index in [0.29, 0.717) is 6.61 Å². The summed E-state index contributed by atoms with van der Waals surface area (Å²) in [5.74, 6) is -0.290. The Morgan fingerprint density at radius 3 is 2.12 bits per heavy atom. The molecule has 0 saturated heterocycles. The highest BCUT2D eigenvalue weighted by Gasteiger charge is 2.36. The second-order valence-corrected chi connectivity index (χ2v) is 4.42. The maximum atomic E-state index is 11.9. The molecule has 104 valence electrons. The summed E-state index contributed by atoms with van der Waals surface area (Å²) in [6.07, 6.45) is 4.34. The molecule has 0 rings (SSSR count). The fraction of sp³-hybridized carbons (Fsp3) is 0.923. The molecule has 0 aliphatic heterocycles. The molecule has 0 aliphatic carbocycles. The number of hydrogen-bond acceptors (Lipinski definition) is 3. The number of hydrogen-bond donors (Lipinski definition) is 1. The molecule has 1 atom stereocenters. The van der Waals surface area contributed by atoms with Crippen LogP contribution in [0, 0.1) is 5.92 Å². The summed E-state index contributed by atoms with van der Waals surface area (Å²) in [7, 11) is 0. The third-order valence-corrected chi connectivity index (χ3v) is 3.45. The van der Waals surface area contributed by atoms with Crippen LogP contribution in [0.5, 0.6) is 0 Å².